The summed E-state index contributed by atoms with van der Waals surface area (Å²) in [6, 6.07) is 0. The predicted octanol–water partition coefficient (Wildman–Crippen LogP) is -2.67. The maximum atomic E-state index is 13.1. The number of phosphoric ester groups is 2. The quantitative estimate of drug-likeness (QED) is 0.117. The van der Waals surface area contributed by atoms with Crippen LogP contribution in [-0.4, -0.2) is 104 Å². The number of aromatic nitrogens is 8. The molecule has 0 bridgehead atoms. The number of aryl methyl sites for hydroxylation is 1. The highest BCUT2D eigenvalue weighted by atomic mass is 31.2. The van der Waals surface area contributed by atoms with Crippen molar-refractivity contribution in [2.24, 2.45) is 0 Å². The lowest BCUT2D eigenvalue weighted by atomic mass is 10.1. The molecule has 0 amide bonds. The summed E-state index contributed by atoms with van der Waals surface area (Å²) in [6.45, 7) is -0.118. The molecule has 4 unspecified atom stereocenters. The molecule has 46 heavy (non-hydrogen) atoms. The summed E-state index contributed by atoms with van der Waals surface area (Å²) < 4.78 is 60.6. The average molecular weight is 687 g/mol. The van der Waals surface area contributed by atoms with Crippen LogP contribution in [0, 0.1) is 6.92 Å². The molecule has 7 rings (SSSR count). The van der Waals surface area contributed by atoms with Crippen LogP contribution in [0.3, 0.4) is 0 Å². The Kier molecular flexibility index (Phi) is 7.51. The number of hydrogen-bond acceptors (Lipinski definition) is 19. The highest BCUT2D eigenvalue weighted by Crippen LogP contribution is 2.52. The molecule has 0 aromatic carbocycles. The van der Waals surface area contributed by atoms with Crippen LogP contribution in [0.1, 0.15) is 18.1 Å². The van der Waals surface area contributed by atoms with Crippen molar-refractivity contribution in [1.29, 1.82) is 0 Å². The van der Waals surface area contributed by atoms with Gasteiger partial charge in [0.2, 0.25) is 11.9 Å². The van der Waals surface area contributed by atoms with E-state index in [0.717, 1.165) is 10.9 Å². The van der Waals surface area contributed by atoms with E-state index in [-0.39, 0.29) is 28.7 Å². The largest absolute Gasteiger partial charge is 0.756 e. The molecular formula is C21H25N10O13P2-. The third kappa shape index (κ3) is 5.39. The van der Waals surface area contributed by atoms with Crippen LogP contribution in [-0.2, 0) is 36.7 Å². The minimum absolute atomic E-state index is 0.103. The van der Waals surface area contributed by atoms with Gasteiger partial charge in [0, 0.05) is 0 Å². The normalized spacial score (nSPS) is 37.2. The van der Waals surface area contributed by atoms with Gasteiger partial charge in [-0.05, 0) is 6.92 Å². The van der Waals surface area contributed by atoms with E-state index in [4.69, 9.17) is 39.0 Å². The number of aliphatic hydroxyl groups excluding tert-OH is 2. The van der Waals surface area contributed by atoms with E-state index >= 15 is 0 Å². The fraction of sp³-hybridized carbons (Fsp3) is 0.524. The predicted molar refractivity (Wildman–Crippen MR) is 146 cm³/mol. The number of nitrogens with one attached hydrogen (secondary N) is 1. The second-order valence-electron chi connectivity index (χ2n) is 10.5. The molecule has 0 radical (unpaired) electrons. The van der Waals surface area contributed by atoms with E-state index in [1.54, 1.807) is 6.92 Å². The summed E-state index contributed by atoms with van der Waals surface area (Å²) in [5.41, 5.74) is 11.3. The highest BCUT2D eigenvalue weighted by molar-refractivity contribution is 7.47. The lowest BCUT2D eigenvalue weighted by Crippen LogP contribution is -2.40. The molecule has 0 spiro atoms. The van der Waals surface area contributed by atoms with Gasteiger partial charge in [0.05, 0.1) is 31.6 Å². The Hall–Kier alpha value is -3.44. The Morgan fingerprint density at radius 1 is 0.913 bits per heavy atom. The molecule has 0 aliphatic carbocycles. The van der Waals surface area contributed by atoms with Crippen LogP contribution in [0.15, 0.2) is 17.4 Å². The number of phosphoric acid groups is 2. The number of anilines is 2. The van der Waals surface area contributed by atoms with E-state index in [9.17, 15) is 33.9 Å². The van der Waals surface area contributed by atoms with E-state index < -0.39 is 83.5 Å². The van der Waals surface area contributed by atoms with Gasteiger partial charge in [0.1, 0.15) is 42.1 Å². The van der Waals surface area contributed by atoms with E-state index in [1.165, 1.54) is 10.9 Å². The van der Waals surface area contributed by atoms with Gasteiger partial charge in [-0.3, -0.25) is 32.5 Å². The molecule has 4 aromatic rings. The molecule has 23 nitrogen and oxygen atoms in total. The zero-order valence-corrected chi connectivity index (χ0v) is 25.1. The van der Waals surface area contributed by atoms with Crippen molar-refractivity contribution < 1.29 is 56.7 Å². The van der Waals surface area contributed by atoms with Crippen molar-refractivity contribution in [2.75, 3.05) is 24.7 Å². The Bertz CT molecular complexity index is 1990. The molecule has 3 saturated heterocycles. The molecule has 4 aromatic heterocycles. The highest BCUT2D eigenvalue weighted by Gasteiger charge is 2.53. The summed E-state index contributed by atoms with van der Waals surface area (Å²) >= 11 is 0. The molecule has 0 saturated carbocycles. The topological polar surface area (TPSA) is 332 Å². The number of H-pyrrole nitrogens is 1. The first-order valence-electron chi connectivity index (χ1n) is 13.4. The standard InChI is InChI=1S/C21H26N10O13P2/c1-6-9-15(27-20(22)26-6)30(4-24-9)18-11(32)13-7(41-18)2-39-46(37,38)44-14-8(3-40-45(35,36)43-13)42-19(12(14)33)31-5-25-10-16(31)28-21(23)29-17(10)34/h4-5,7-8,11-14,18-19,32-33H,2-3H2,1H3,(H,35,36)(H,37,38)(H2,22,26,27)(H3,23,28,29,34)/p-1/t7-,8-,11+,12+,13?,14?,18-,19-/m1/s1. The van der Waals surface area contributed by atoms with Gasteiger partial charge in [-0.1, -0.05) is 0 Å². The SMILES string of the molecule is Cc1nc(N)nc2c1ncn2[C@@H]1O[C@@H]2COP(=O)(O)OC3[C@@H](COP(=O)([O-])OC2[C@@H]1O)O[C@@H](n1cnc2c(=O)[nH]c(N)nc21)[C@H]3O. The van der Waals surface area contributed by atoms with Gasteiger partial charge in [-0.25, -0.2) is 19.5 Å². The molecule has 10 atom stereocenters. The van der Waals surface area contributed by atoms with Crippen LogP contribution in [0.5, 0.6) is 0 Å². The fourth-order valence-corrected chi connectivity index (χ4v) is 7.43. The van der Waals surface area contributed by atoms with Crippen LogP contribution in [0.2, 0.25) is 0 Å². The van der Waals surface area contributed by atoms with Crippen molar-refractivity contribution in [3.05, 3.63) is 28.7 Å². The number of aromatic amines is 1. The van der Waals surface area contributed by atoms with E-state index in [0.29, 0.717) is 11.2 Å². The van der Waals surface area contributed by atoms with Crippen molar-refractivity contribution in [2.45, 2.75) is 56.0 Å². The number of nitrogen functional groups attached to an aromatic ring is 2. The third-order valence-corrected chi connectivity index (χ3v) is 9.49. The molecule has 248 valence electrons. The van der Waals surface area contributed by atoms with Gasteiger partial charge in [0.15, 0.2) is 29.3 Å². The van der Waals surface area contributed by atoms with Crippen molar-refractivity contribution in [1.82, 2.24) is 39.0 Å². The maximum absolute atomic E-state index is 13.1. The third-order valence-electron chi connectivity index (χ3n) is 7.54. The van der Waals surface area contributed by atoms with Crippen LogP contribution in [0.4, 0.5) is 11.9 Å². The zero-order valence-electron chi connectivity index (χ0n) is 23.3. The van der Waals surface area contributed by atoms with Gasteiger partial charge in [0.25, 0.3) is 13.4 Å². The van der Waals surface area contributed by atoms with Crippen LogP contribution in [0.25, 0.3) is 22.3 Å². The van der Waals surface area contributed by atoms with Gasteiger partial charge in [-0.2, -0.15) is 9.97 Å². The summed E-state index contributed by atoms with van der Waals surface area (Å²) in [7, 11) is -10.4. The second-order valence-corrected chi connectivity index (χ2v) is 13.3. The Morgan fingerprint density at radius 2 is 1.48 bits per heavy atom. The number of hydrogen-bond donors (Lipinski definition) is 6. The molecule has 8 N–H and O–H groups in total. The number of rotatable bonds is 2. The zero-order chi connectivity index (χ0) is 32.7. The van der Waals surface area contributed by atoms with Crippen molar-refractivity contribution >= 4 is 49.9 Å². The lowest BCUT2D eigenvalue weighted by molar-refractivity contribution is -0.236. The molecular weight excluding hydrogens is 662 g/mol. The number of aliphatic hydroxyl groups is 2. The number of nitrogens with zero attached hydrogens (tertiary/aromatic N) is 7. The molecule has 7 heterocycles. The van der Waals surface area contributed by atoms with E-state index in [1.807, 2.05) is 0 Å². The molecule has 3 fully saturated rings. The van der Waals surface area contributed by atoms with Crippen LogP contribution >= 0.6 is 15.6 Å². The first kappa shape index (κ1) is 31.2. The van der Waals surface area contributed by atoms with Crippen LogP contribution < -0.4 is 21.9 Å². The van der Waals surface area contributed by atoms with E-state index in [2.05, 4.69) is 29.9 Å². The minimum Gasteiger partial charge on any atom is -0.756 e. The first-order chi connectivity index (χ1) is 21.7. The number of nitrogens with two attached hydrogens (primary N) is 2. The smallest absolute Gasteiger partial charge is 0.472 e. The number of imidazole rings is 2. The number of fused-ring (bicyclic) bond motifs is 4. The summed E-state index contributed by atoms with van der Waals surface area (Å²) in [4.78, 5) is 58.3. The van der Waals surface area contributed by atoms with Gasteiger partial charge in [-0.15, -0.1) is 0 Å². The Morgan fingerprint density at radius 3 is 2.13 bits per heavy atom. The maximum Gasteiger partial charge on any atom is 0.472 e. The summed E-state index contributed by atoms with van der Waals surface area (Å²) in [5, 5.41) is 22.3. The number of ether oxygens (including phenoxy) is 2. The van der Waals surface area contributed by atoms with Gasteiger partial charge < -0.3 is 50.0 Å². The Labute approximate surface area is 255 Å². The fourth-order valence-electron chi connectivity index (χ4n) is 5.52. The average Bonchev–Trinajstić information content (AvgIpc) is 3.72. The lowest BCUT2D eigenvalue weighted by Gasteiger charge is -2.32. The van der Waals surface area contributed by atoms with Crippen molar-refractivity contribution in [3.63, 3.8) is 0 Å². The van der Waals surface area contributed by atoms with Gasteiger partial charge >= 0.3 is 7.82 Å². The van der Waals surface area contributed by atoms with Crippen molar-refractivity contribution in [3.8, 4) is 0 Å². The summed E-state index contributed by atoms with van der Waals surface area (Å²) in [6.07, 6.45) is -10.5. The second kappa shape index (κ2) is 11.1. The molecule has 3 aliphatic heterocycles. The first-order valence-corrected chi connectivity index (χ1v) is 16.3. The molecule has 3 aliphatic rings. The monoisotopic (exact) mass is 687 g/mol. The summed E-state index contributed by atoms with van der Waals surface area (Å²) in [5.74, 6) is -0.380. The Balaban J connectivity index is 1.17. The molecule has 25 heteroatoms. The minimum atomic E-state index is -5.30.